The van der Waals surface area contributed by atoms with Gasteiger partial charge in [0, 0.05) is 44.2 Å². The highest BCUT2D eigenvalue weighted by molar-refractivity contribution is 6.31. The van der Waals surface area contributed by atoms with E-state index in [4.69, 9.17) is 16.7 Å². The molecule has 3 aromatic rings. The van der Waals surface area contributed by atoms with E-state index in [2.05, 4.69) is 65.3 Å². The lowest BCUT2D eigenvalue weighted by atomic mass is 9.98. The summed E-state index contributed by atoms with van der Waals surface area (Å²) >= 11 is 6.56. The van der Waals surface area contributed by atoms with Gasteiger partial charge in [0.2, 0.25) is 0 Å². The Kier molecular flexibility index (Phi) is 7.28. The highest BCUT2D eigenvalue weighted by Gasteiger charge is 2.35. The molecule has 0 bridgehead atoms. The van der Waals surface area contributed by atoms with E-state index in [-0.39, 0.29) is 11.9 Å². The number of carbonyl (C=O) groups excluding carboxylic acids is 1. The molecule has 0 radical (unpaired) electrons. The maximum atomic E-state index is 13.5. The lowest BCUT2D eigenvalue weighted by Gasteiger charge is -2.35. The van der Waals surface area contributed by atoms with Gasteiger partial charge >= 0.3 is 0 Å². The van der Waals surface area contributed by atoms with Crippen molar-refractivity contribution < 1.29 is 4.79 Å². The lowest BCUT2D eigenvalue weighted by Crippen LogP contribution is -2.49. The second kappa shape index (κ2) is 10.7. The molecule has 0 unspecified atom stereocenters. The zero-order chi connectivity index (χ0) is 24.2. The fourth-order valence-electron chi connectivity index (χ4n) is 4.86. The third kappa shape index (κ3) is 5.64. The summed E-state index contributed by atoms with van der Waals surface area (Å²) in [4.78, 5) is 18.2. The van der Waals surface area contributed by atoms with E-state index in [1.54, 1.807) is 5.01 Å². The van der Waals surface area contributed by atoms with Gasteiger partial charge in [-0.1, -0.05) is 90.0 Å². The minimum absolute atomic E-state index is 0.0218. The summed E-state index contributed by atoms with van der Waals surface area (Å²) < 4.78 is 0. The second-order valence-electron chi connectivity index (χ2n) is 9.43. The van der Waals surface area contributed by atoms with Crippen LogP contribution in [0.3, 0.4) is 0 Å². The molecule has 5 rings (SSSR count). The van der Waals surface area contributed by atoms with E-state index >= 15 is 0 Å². The Labute approximate surface area is 212 Å². The Morgan fingerprint density at radius 3 is 2.26 bits per heavy atom. The molecule has 1 fully saturated rings. The smallest absolute Gasteiger partial charge is 0.257 e. The zero-order valence-electron chi connectivity index (χ0n) is 20.1. The minimum Gasteiger partial charge on any atom is -0.297 e. The molecule has 180 valence electrons. The molecule has 3 aromatic carbocycles. The molecule has 0 N–H and O–H groups in total. The van der Waals surface area contributed by atoms with Crippen LogP contribution in [-0.2, 0) is 11.3 Å². The molecule has 2 aliphatic heterocycles. The van der Waals surface area contributed by atoms with Crippen molar-refractivity contribution in [1.29, 1.82) is 0 Å². The molecule has 6 heteroatoms. The minimum atomic E-state index is -0.188. The molecule has 1 atom stereocenters. The predicted octanol–water partition coefficient (Wildman–Crippen LogP) is 5.14. The van der Waals surface area contributed by atoms with Crippen LogP contribution in [0, 0.1) is 6.92 Å². The van der Waals surface area contributed by atoms with Crippen molar-refractivity contribution in [2.45, 2.75) is 25.9 Å². The summed E-state index contributed by atoms with van der Waals surface area (Å²) in [5.74, 6) is 0.0218. The van der Waals surface area contributed by atoms with Crippen molar-refractivity contribution in [3.05, 3.63) is 106 Å². The van der Waals surface area contributed by atoms with Crippen LogP contribution in [0.15, 0.2) is 84.0 Å². The van der Waals surface area contributed by atoms with Gasteiger partial charge in [-0.05, 0) is 29.7 Å². The van der Waals surface area contributed by atoms with Gasteiger partial charge < -0.3 is 0 Å². The maximum absolute atomic E-state index is 13.5. The van der Waals surface area contributed by atoms with Gasteiger partial charge in [-0.3, -0.25) is 14.6 Å². The largest absolute Gasteiger partial charge is 0.297 e. The van der Waals surface area contributed by atoms with Gasteiger partial charge in [-0.25, -0.2) is 5.01 Å². The number of hydrogen-bond donors (Lipinski definition) is 0. The number of nitrogens with zero attached hydrogens (tertiary/aromatic N) is 4. The van der Waals surface area contributed by atoms with Crippen LogP contribution in [-0.4, -0.2) is 59.2 Å². The normalized spacial score (nSPS) is 19.1. The average molecular weight is 487 g/mol. The molecule has 35 heavy (non-hydrogen) atoms. The van der Waals surface area contributed by atoms with Crippen molar-refractivity contribution in [2.75, 3.05) is 32.7 Å². The Morgan fingerprint density at radius 1 is 0.886 bits per heavy atom. The summed E-state index contributed by atoms with van der Waals surface area (Å²) in [5, 5.41) is 7.17. The summed E-state index contributed by atoms with van der Waals surface area (Å²) in [6.07, 6.45) is 0.656. The standard InChI is InChI=1S/C29H31ClN4O/c1-22-11-13-24(14-12-22)27-19-28(25-9-5-6-10-26(25)30)34(31-27)29(35)21-33-17-15-32(16-18-33)20-23-7-3-2-4-8-23/h2-14,28H,15-21H2,1H3/t28-/m0/s1. The topological polar surface area (TPSA) is 39.2 Å². The number of carbonyl (C=O) groups is 1. The van der Waals surface area contributed by atoms with Gasteiger partial charge in [-0.15, -0.1) is 0 Å². The number of piperazine rings is 1. The van der Waals surface area contributed by atoms with Crippen LogP contribution in [0.1, 0.15) is 34.7 Å². The monoisotopic (exact) mass is 486 g/mol. The van der Waals surface area contributed by atoms with Crippen molar-refractivity contribution in [2.24, 2.45) is 5.10 Å². The quantitative estimate of drug-likeness (QED) is 0.484. The highest BCUT2D eigenvalue weighted by Crippen LogP contribution is 2.36. The van der Waals surface area contributed by atoms with Gasteiger partial charge in [0.15, 0.2) is 0 Å². The van der Waals surface area contributed by atoms with Crippen molar-refractivity contribution in [3.8, 4) is 0 Å². The molecular formula is C29H31ClN4O. The number of rotatable bonds is 6. The van der Waals surface area contributed by atoms with Crippen molar-refractivity contribution in [1.82, 2.24) is 14.8 Å². The molecule has 1 amide bonds. The van der Waals surface area contributed by atoms with Crippen LogP contribution in [0.5, 0.6) is 0 Å². The van der Waals surface area contributed by atoms with Crippen molar-refractivity contribution in [3.63, 3.8) is 0 Å². The van der Waals surface area contributed by atoms with E-state index in [9.17, 15) is 4.79 Å². The number of aryl methyl sites for hydroxylation is 1. The highest BCUT2D eigenvalue weighted by atomic mass is 35.5. The number of hydrazone groups is 1. The van der Waals surface area contributed by atoms with Crippen molar-refractivity contribution >= 4 is 23.2 Å². The first-order valence-electron chi connectivity index (χ1n) is 12.3. The number of benzene rings is 3. The van der Waals surface area contributed by atoms with E-state index in [1.807, 2.05) is 30.3 Å². The van der Waals surface area contributed by atoms with Crippen LogP contribution >= 0.6 is 11.6 Å². The maximum Gasteiger partial charge on any atom is 0.257 e. The van der Waals surface area contributed by atoms with Gasteiger partial charge in [0.05, 0.1) is 18.3 Å². The van der Waals surface area contributed by atoms with Gasteiger partial charge in [0.25, 0.3) is 5.91 Å². The van der Waals surface area contributed by atoms with E-state index in [0.29, 0.717) is 18.0 Å². The average Bonchev–Trinajstić information content (AvgIpc) is 3.32. The SMILES string of the molecule is Cc1ccc(C2=NN(C(=O)CN3CCN(Cc4ccccc4)CC3)[C@H](c3ccccc3Cl)C2)cc1. The number of halogens is 1. The molecule has 1 saturated heterocycles. The van der Waals surface area contributed by atoms with Crippen LogP contribution in [0.2, 0.25) is 5.02 Å². The van der Waals surface area contributed by atoms with Crippen LogP contribution < -0.4 is 0 Å². The number of amides is 1. The fraction of sp³-hybridized carbons (Fsp3) is 0.310. The first-order chi connectivity index (χ1) is 17.1. The zero-order valence-corrected chi connectivity index (χ0v) is 20.9. The fourth-order valence-corrected chi connectivity index (χ4v) is 5.12. The van der Waals surface area contributed by atoms with Gasteiger partial charge in [0.1, 0.15) is 0 Å². The lowest BCUT2D eigenvalue weighted by molar-refractivity contribution is -0.134. The summed E-state index contributed by atoms with van der Waals surface area (Å²) in [5.41, 5.74) is 5.46. The predicted molar refractivity (Wildman–Crippen MR) is 142 cm³/mol. The molecule has 0 saturated carbocycles. The molecular weight excluding hydrogens is 456 g/mol. The molecule has 2 aliphatic rings. The Morgan fingerprint density at radius 2 is 1.54 bits per heavy atom. The Hall–Kier alpha value is -2.99. The molecule has 0 spiro atoms. The Bertz CT molecular complexity index is 1190. The molecule has 5 nitrogen and oxygen atoms in total. The van der Waals surface area contributed by atoms with Crippen LogP contribution in [0.25, 0.3) is 0 Å². The molecule has 2 heterocycles. The van der Waals surface area contributed by atoms with Crippen LogP contribution in [0.4, 0.5) is 0 Å². The van der Waals surface area contributed by atoms with Gasteiger partial charge in [-0.2, -0.15) is 5.10 Å². The summed E-state index contributed by atoms with van der Waals surface area (Å²) in [7, 11) is 0. The molecule has 0 aliphatic carbocycles. The summed E-state index contributed by atoms with van der Waals surface area (Å²) in [6, 6.07) is 26.5. The third-order valence-corrected chi connectivity index (χ3v) is 7.23. The first-order valence-corrected chi connectivity index (χ1v) is 12.6. The first kappa shape index (κ1) is 23.7. The van der Waals surface area contributed by atoms with E-state index < -0.39 is 0 Å². The molecule has 0 aromatic heterocycles. The van der Waals surface area contributed by atoms with E-state index in [0.717, 1.165) is 49.6 Å². The third-order valence-electron chi connectivity index (χ3n) is 6.89. The Balaban J connectivity index is 1.28. The summed E-state index contributed by atoms with van der Waals surface area (Å²) in [6.45, 7) is 7.04. The van der Waals surface area contributed by atoms with E-state index in [1.165, 1.54) is 11.1 Å². The number of hydrogen-bond acceptors (Lipinski definition) is 4. The second-order valence-corrected chi connectivity index (χ2v) is 9.84.